The lowest BCUT2D eigenvalue weighted by molar-refractivity contribution is 0.874. The van der Waals surface area contributed by atoms with E-state index in [-0.39, 0.29) is 0 Å². The Morgan fingerprint density at radius 1 is 0.679 bits per heavy atom. The lowest BCUT2D eigenvalue weighted by atomic mass is 10.0. The Balaban J connectivity index is 1.96. The van der Waals surface area contributed by atoms with Crippen molar-refractivity contribution in [2.75, 3.05) is 0 Å². The van der Waals surface area contributed by atoms with Crippen LogP contribution in [-0.2, 0) is 0 Å². The van der Waals surface area contributed by atoms with Crippen LogP contribution in [0.4, 0.5) is 0 Å². The number of aromatic nitrogens is 2. The molecule has 0 aliphatic rings. The molecule has 0 aliphatic heterocycles. The molecule has 28 heavy (non-hydrogen) atoms. The number of aryl methyl sites for hydroxylation is 3. The molecule has 2 nitrogen and oxygen atoms in total. The zero-order valence-corrected chi connectivity index (χ0v) is 17.5. The van der Waals surface area contributed by atoms with Gasteiger partial charge < -0.3 is 0 Å². The Bertz CT molecular complexity index is 1120. The number of nitrogens with zero attached hydrogens (tertiary/aromatic N) is 2. The molecule has 0 spiro atoms. The second-order valence-electron chi connectivity index (χ2n) is 7.09. The maximum atomic E-state index is 6.10. The van der Waals surface area contributed by atoms with Crippen LogP contribution in [0.25, 0.3) is 28.2 Å². The predicted molar refractivity (Wildman–Crippen MR) is 119 cm³/mol. The average molecular weight is 407 g/mol. The Hall–Kier alpha value is -2.55. The van der Waals surface area contributed by atoms with Crippen LogP contribution in [0.2, 0.25) is 10.0 Å². The van der Waals surface area contributed by atoms with Gasteiger partial charge in [0.1, 0.15) is 0 Å². The van der Waals surface area contributed by atoms with E-state index >= 15 is 0 Å². The molecule has 0 saturated carbocycles. The standard InChI is InChI=1S/C24H20Cl2N2/c1-15-12-16(2)24(17(3)13-15)28-23(19-6-10-21(26)11-7-19)14-22(27-28)18-4-8-20(25)9-5-18/h4-14H,1-3H3. The first-order valence-electron chi connectivity index (χ1n) is 9.12. The summed E-state index contributed by atoms with van der Waals surface area (Å²) in [7, 11) is 0. The summed E-state index contributed by atoms with van der Waals surface area (Å²) in [4.78, 5) is 0. The Labute approximate surface area is 175 Å². The van der Waals surface area contributed by atoms with Crippen molar-refractivity contribution < 1.29 is 0 Å². The highest BCUT2D eigenvalue weighted by atomic mass is 35.5. The van der Waals surface area contributed by atoms with Gasteiger partial charge in [-0.15, -0.1) is 0 Å². The first-order chi connectivity index (χ1) is 13.4. The summed E-state index contributed by atoms with van der Waals surface area (Å²) in [6.07, 6.45) is 0. The van der Waals surface area contributed by atoms with Gasteiger partial charge in [0.2, 0.25) is 0 Å². The van der Waals surface area contributed by atoms with Crippen LogP contribution in [0.15, 0.2) is 66.7 Å². The summed E-state index contributed by atoms with van der Waals surface area (Å²) in [6.45, 7) is 6.38. The minimum atomic E-state index is 0.714. The molecular formula is C24H20Cl2N2. The van der Waals surface area contributed by atoms with Crippen LogP contribution in [0, 0.1) is 20.8 Å². The van der Waals surface area contributed by atoms with Crippen molar-refractivity contribution in [3.8, 4) is 28.2 Å². The van der Waals surface area contributed by atoms with Crippen LogP contribution in [0.1, 0.15) is 16.7 Å². The summed E-state index contributed by atoms with van der Waals surface area (Å²) in [5, 5.41) is 6.40. The van der Waals surface area contributed by atoms with Crippen molar-refractivity contribution in [3.63, 3.8) is 0 Å². The second kappa shape index (κ2) is 7.46. The molecule has 140 valence electrons. The van der Waals surface area contributed by atoms with E-state index in [1.165, 1.54) is 16.7 Å². The number of rotatable bonds is 3. The first kappa shape index (κ1) is 18.8. The van der Waals surface area contributed by atoms with E-state index < -0.39 is 0 Å². The molecule has 0 fully saturated rings. The van der Waals surface area contributed by atoms with Gasteiger partial charge in [-0.25, -0.2) is 4.68 Å². The van der Waals surface area contributed by atoms with Crippen molar-refractivity contribution in [1.29, 1.82) is 0 Å². The summed E-state index contributed by atoms with van der Waals surface area (Å²) >= 11 is 12.2. The van der Waals surface area contributed by atoms with Crippen LogP contribution < -0.4 is 0 Å². The van der Waals surface area contributed by atoms with Gasteiger partial charge >= 0.3 is 0 Å². The summed E-state index contributed by atoms with van der Waals surface area (Å²) in [5.41, 5.74) is 8.76. The highest BCUT2D eigenvalue weighted by Gasteiger charge is 2.16. The smallest absolute Gasteiger partial charge is 0.0934 e. The normalized spacial score (nSPS) is 11.0. The summed E-state index contributed by atoms with van der Waals surface area (Å²) < 4.78 is 2.04. The van der Waals surface area contributed by atoms with Gasteiger partial charge in [0.15, 0.2) is 0 Å². The van der Waals surface area contributed by atoms with Gasteiger partial charge in [0.05, 0.1) is 17.1 Å². The molecule has 4 aromatic rings. The van der Waals surface area contributed by atoms with E-state index in [2.05, 4.69) is 39.0 Å². The monoisotopic (exact) mass is 406 g/mol. The number of benzene rings is 3. The lowest BCUT2D eigenvalue weighted by Gasteiger charge is -2.14. The Morgan fingerprint density at radius 3 is 1.71 bits per heavy atom. The highest BCUT2D eigenvalue weighted by molar-refractivity contribution is 6.30. The van der Waals surface area contributed by atoms with E-state index in [4.69, 9.17) is 28.3 Å². The topological polar surface area (TPSA) is 17.8 Å². The van der Waals surface area contributed by atoms with Crippen molar-refractivity contribution in [1.82, 2.24) is 9.78 Å². The van der Waals surface area contributed by atoms with E-state index in [9.17, 15) is 0 Å². The minimum Gasteiger partial charge on any atom is -0.232 e. The molecule has 1 aromatic heterocycles. The SMILES string of the molecule is Cc1cc(C)c(-n2nc(-c3ccc(Cl)cc3)cc2-c2ccc(Cl)cc2)c(C)c1. The third-order valence-corrected chi connectivity index (χ3v) is 5.34. The van der Waals surface area contributed by atoms with Crippen LogP contribution in [0.3, 0.4) is 0 Å². The molecule has 0 radical (unpaired) electrons. The van der Waals surface area contributed by atoms with Crippen LogP contribution >= 0.6 is 23.2 Å². The zero-order valence-electron chi connectivity index (χ0n) is 16.0. The average Bonchev–Trinajstić information content (AvgIpc) is 3.07. The van der Waals surface area contributed by atoms with Crippen molar-refractivity contribution in [3.05, 3.63) is 93.5 Å². The largest absolute Gasteiger partial charge is 0.232 e. The maximum Gasteiger partial charge on any atom is 0.0934 e. The first-order valence-corrected chi connectivity index (χ1v) is 9.88. The molecule has 1 heterocycles. The van der Waals surface area contributed by atoms with Gasteiger partial charge in [-0.3, -0.25) is 0 Å². The third kappa shape index (κ3) is 3.58. The van der Waals surface area contributed by atoms with Gasteiger partial charge in [-0.2, -0.15) is 5.10 Å². The van der Waals surface area contributed by atoms with E-state index in [0.29, 0.717) is 5.02 Å². The fraction of sp³-hybridized carbons (Fsp3) is 0.125. The van der Waals surface area contributed by atoms with Gasteiger partial charge in [-0.05, 0) is 62.2 Å². The van der Waals surface area contributed by atoms with Crippen molar-refractivity contribution in [2.45, 2.75) is 20.8 Å². The third-order valence-electron chi connectivity index (χ3n) is 4.84. The molecule has 4 rings (SSSR count). The van der Waals surface area contributed by atoms with Crippen LogP contribution in [0.5, 0.6) is 0 Å². The van der Waals surface area contributed by atoms with E-state index in [1.807, 2.05) is 53.2 Å². The number of hydrogen-bond acceptors (Lipinski definition) is 1. The molecule has 0 aliphatic carbocycles. The second-order valence-corrected chi connectivity index (χ2v) is 7.96. The van der Waals surface area contributed by atoms with Crippen LogP contribution in [-0.4, -0.2) is 9.78 Å². The molecule has 0 N–H and O–H groups in total. The van der Waals surface area contributed by atoms with Crippen molar-refractivity contribution in [2.24, 2.45) is 0 Å². The minimum absolute atomic E-state index is 0.714. The van der Waals surface area contributed by atoms with E-state index in [1.54, 1.807) is 0 Å². The highest BCUT2D eigenvalue weighted by Crippen LogP contribution is 2.32. The van der Waals surface area contributed by atoms with Gasteiger partial charge in [-0.1, -0.05) is 65.2 Å². The summed E-state index contributed by atoms with van der Waals surface area (Å²) in [6, 6.07) is 22.1. The predicted octanol–water partition coefficient (Wildman–Crippen LogP) is 7.44. The quantitative estimate of drug-likeness (QED) is 0.345. The molecule has 0 saturated heterocycles. The molecule has 4 heteroatoms. The van der Waals surface area contributed by atoms with Crippen molar-refractivity contribution >= 4 is 23.2 Å². The molecule has 0 amide bonds. The summed E-state index contributed by atoms with van der Waals surface area (Å²) in [5.74, 6) is 0. The van der Waals surface area contributed by atoms with E-state index in [0.717, 1.165) is 33.2 Å². The Morgan fingerprint density at radius 2 is 1.18 bits per heavy atom. The van der Waals surface area contributed by atoms with Gasteiger partial charge in [0.25, 0.3) is 0 Å². The molecular weight excluding hydrogens is 387 g/mol. The molecule has 0 atom stereocenters. The Kier molecular flexibility index (Phi) is 5.01. The fourth-order valence-corrected chi connectivity index (χ4v) is 3.90. The molecule has 0 unspecified atom stereocenters. The molecule has 0 bridgehead atoms. The molecule has 3 aromatic carbocycles. The van der Waals surface area contributed by atoms with Gasteiger partial charge in [0, 0.05) is 21.2 Å². The number of halogens is 2. The maximum absolute atomic E-state index is 6.10. The lowest BCUT2D eigenvalue weighted by Crippen LogP contribution is -2.04. The fourth-order valence-electron chi connectivity index (χ4n) is 3.65. The number of hydrogen-bond donors (Lipinski definition) is 0. The zero-order chi connectivity index (χ0) is 19.8.